The van der Waals surface area contributed by atoms with Crippen LogP contribution in [0.1, 0.15) is 115 Å². The number of hydrogen-bond acceptors (Lipinski definition) is 7. The summed E-state index contributed by atoms with van der Waals surface area (Å²) in [6, 6.07) is 11.9. The summed E-state index contributed by atoms with van der Waals surface area (Å²) < 4.78 is 43.9. The van der Waals surface area contributed by atoms with Gasteiger partial charge >= 0.3 is 5.97 Å². The van der Waals surface area contributed by atoms with E-state index in [0.29, 0.717) is 59.9 Å². The van der Waals surface area contributed by atoms with Crippen LogP contribution in [-0.4, -0.2) is 60.9 Å². The van der Waals surface area contributed by atoms with E-state index in [0.717, 1.165) is 61.7 Å². The number of anilines is 1. The van der Waals surface area contributed by atoms with Crippen molar-refractivity contribution >= 4 is 41.6 Å². The van der Waals surface area contributed by atoms with Crippen LogP contribution < -0.4 is 14.8 Å². The number of carbonyl (C=O) groups excluding carboxylic acids is 1. The second-order valence-electron chi connectivity index (χ2n) is 16.8. The molecule has 2 aromatic rings. The molecule has 1 heterocycles. The van der Waals surface area contributed by atoms with Gasteiger partial charge in [-0.2, -0.15) is 0 Å². The molecule has 3 aliphatic rings. The molecule has 1 unspecified atom stereocenters. The minimum atomic E-state index is -3.64. The van der Waals surface area contributed by atoms with E-state index in [4.69, 9.17) is 30.6 Å². The standard InChI is InChI=1S/C42H63ClN2O6SSi/c1-9-37(52(44,47)48)19-18-36(51-53(28(2)3,29(4)5)30(6)7)17-14-31-12-13-34(31)25-45-26-42(22-10-11-32-23-35(43)16-20-38(32)42)27-50-40-21-15-33(24-39(40)45)41(46)49-8/h14-17,20-21,23-24,28-31,34,36-37H,9-13,18-19,22,25-27H2,1-8H3,(H2,44,47,48)/b17-14+/t31-,34-,36?,37+,42-/m0/s1. The van der Waals surface area contributed by atoms with Crippen molar-refractivity contribution in [3.05, 3.63) is 70.3 Å². The summed E-state index contributed by atoms with van der Waals surface area (Å²) in [4.78, 5) is 15.2. The fraction of sp³-hybridized carbons (Fsp3) is 0.643. The van der Waals surface area contributed by atoms with Crippen LogP contribution >= 0.6 is 11.6 Å². The number of sulfonamides is 1. The maximum atomic E-state index is 12.7. The lowest BCUT2D eigenvalue weighted by molar-refractivity contribution is 0.0600. The number of hydrogen-bond donors (Lipinski definition) is 1. The summed E-state index contributed by atoms with van der Waals surface area (Å²) >= 11 is 6.47. The molecule has 2 aromatic carbocycles. The van der Waals surface area contributed by atoms with Crippen LogP contribution in [0, 0.1) is 11.8 Å². The molecule has 5 rings (SSSR count). The number of methoxy groups -OCH3 is 1. The number of carbonyl (C=O) groups is 1. The first-order valence-corrected chi connectivity index (χ1v) is 23.9. The summed E-state index contributed by atoms with van der Waals surface area (Å²) in [7, 11) is -4.48. The Morgan fingerprint density at radius 1 is 1.08 bits per heavy atom. The molecule has 2 N–H and O–H groups in total. The van der Waals surface area contributed by atoms with Crippen molar-refractivity contribution in [2.75, 3.05) is 31.7 Å². The molecule has 5 atom stereocenters. The largest absolute Gasteiger partial charge is 0.490 e. The van der Waals surface area contributed by atoms with Gasteiger partial charge in [0.25, 0.3) is 0 Å². The molecule has 0 saturated heterocycles. The van der Waals surface area contributed by atoms with Crippen LogP contribution in [0.2, 0.25) is 21.6 Å². The molecule has 0 amide bonds. The number of fused-ring (bicyclic) bond motifs is 3. The Morgan fingerprint density at radius 2 is 1.79 bits per heavy atom. The van der Waals surface area contributed by atoms with Crippen molar-refractivity contribution < 1.29 is 27.1 Å². The minimum Gasteiger partial charge on any atom is -0.490 e. The predicted octanol–water partition coefficient (Wildman–Crippen LogP) is 9.59. The maximum absolute atomic E-state index is 12.7. The Morgan fingerprint density at radius 3 is 2.40 bits per heavy atom. The fourth-order valence-electron chi connectivity index (χ4n) is 9.80. The minimum absolute atomic E-state index is 0.185. The van der Waals surface area contributed by atoms with Crippen molar-refractivity contribution in [2.45, 2.75) is 133 Å². The third-order valence-electron chi connectivity index (χ3n) is 12.7. The van der Waals surface area contributed by atoms with Gasteiger partial charge in [-0.3, -0.25) is 0 Å². The fourth-order valence-corrected chi connectivity index (χ4v) is 16.5. The van der Waals surface area contributed by atoms with Crippen LogP contribution in [0.4, 0.5) is 5.69 Å². The number of aryl methyl sites for hydroxylation is 1. The quantitative estimate of drug-likeness (QED) is 0.109. The summed E-state index contributed by atoms with van der Waals surface area (Å²) in [6.45, 7) is 17.8. The molecule has 0 radical (unpaired) electrons. The van der Waals surface area contributed by atoms with Crippen LogP contribution in [0.5, 0.6) is 5.75 Å². The van der Waals surface area contributed by atoms with Crippen molar-refractivity contribution in [3.63, 3.8) is 0 Å². The first kappa shape index (κ1) is 41.8. The third kappa shape index (κ3) is 9.03. The summed E-state index contributed by atoms with van der Waals surface area (Å²) in [5.74, 6) is 1.16. The number of ether oxygens (including phenoxy) is 2. The smallest absolute Gasteiger partial charge is 0.337 e. The summed E-state index contributed by atoms with van der Waals surface area (Å²) in [5.41, 5.74) is 5.04. The van der Waals surface area contributed by atoms with E-state index in [2.05, 4.69) is 70.7 Å². The first-order chi connectivity index (χ1) is 25.0. The van der Waals surface area contributed by atoms with Gasteiger partial charge in [0.15, 0.2) is 0 Å². The number of nitrogens with zero attached hydrogens (tertiary/aromatic N) is 1. The van der Waals surface area contributed by atoms with E-state index < -0.39 is 23.6 Å². The van der Waals surface area contributed by atoms with Gasteiger partial charge < -0.3 is 18.8 Å². The lowest BCUT2D eigenvalue weighted by Crippen LogP contribution is -2.50. The second kappa shape index (κ2) is 17.2. The van der Waals surface area contributed by atoms with E-state index in [-0.39, 0.29) is 17.5 Å². The molecular formula is C42H63ClN2O6SSi. The number of nitrogens with two attached hydrogens (primary N) is 1. The molecule has 1 aliphatic heterocycles. The zero-order valence-corrected chi connectivity index (χ0v) is 35.8. The first-order valence-electron chi connectivity index (χ1n) is 19.8. The Bertz CT molecular complexity index is 1710. The normalized spacial score (nSPS) is 23.1. The van der Waals surface area contributed by atoms with Gasteiger partial charge in [0.1, 0.15) is 5.75 Å². The zero-order valence-electron chi connectivity index (χ0n) is 33.2. The maximum Gasteiger partial charge on any atom is 0.337 e. The van der Waals surface area contributed by atoms with E-state index in [1.54, 1.807) is 6.07 Å². The van der Waals surface area contributed by atoms with Crippen molar-refractivity contribution in [3.8, 4) is 5.75 Å². The van der Waals surface area contributed by atoms with Crippen LogP contribution in [0.15, 0.2) is 48.6 Å². The Labute approximate surface area is 325 Å². The SMILES string of the molecule is CC[C@H](CCC(/C=C/[C@@H]1CC[C@H]1CN1C[C@@]2(CCCc3cc(Cl)ccc32)COc2ccc(C(=O)OC)cc21)O[Si](C(C)C)(C(C)C)C(C)C)S(N)(=O)=O. The Kier molecular flexibility index (Phi) is 13.6. The number of primary sulfonamides is 1. The van der Waals surface area contributed by atoms with E-state index in [9.17, 15) is 13.2 Å². The monoisotopic (exact) mass is 786 g/mol. The lowest BCUT2D eigenvalue weighted by atomic mass is 9.69. The van der Waals surface area contributed by atoms with Gasteiger partial charge in [-0.15, -0.1) is 0 Å². The van der Waals surface area contributed by atoms with E-state index in [1.165, 1.54) is 18.2 Å². The number of esters is 1. The molecule has 8 nitrogen and oxygen atoms in total. The van der Waals surface area contributed by atoms with Crippen molar-refractivity contribution in [2.24, 2.45) is 17.0 Å². The Hall–Kier alpha value is -2.37. The molecule has 0 bridgehead atoms. The van der Waals surface area contributed by atoms with Crippen LogP contribution in [0.25, 0.3) is 0 Å². The molecule has 53 heavy (non-hydrogen) atoms. The van der Waals surface area contributed by atoms with E-state index >= 15 is 0 Å². The van der Waals surface area contributed by atoms with Crippen molar-refractivity contribution in [1.82, 2.24) is 0 Å². The molecule has 1 fully saturated rings. The van der Waals surface area contributed by atoms with Gasteiger partial charge in [0.05, 0.1) is 36.3 Å². The average Bonchev–Trinajstić information content (AvgIpc) is 3.24. The topological polar surface area (TPSA) is 108 Å². The second-order valence-corrected chi connectivity index (χ2v) is 24.5. The molecular weight excluding hydrogens is 724 g/mol. The van der Waals surface area contributed by atoms with Crippen molar-refractivity contribution in [1.29, 1.82) is 0 Å². The Balaban J connectivity index is 1.45. The lowest BCUT2D eigenvalue weighted by Gasteiger charge is -2.45. The molecule has 294 valence electrons. The molecule has 0 aromatic heterocycles. The summed E-state index contributed by atoms with van der Waals surface area (Å²) in [6.07, 6.45) is 11.2. The average molecular weight is 788 g/mol. The predicted molar refractivity (Wildman–Crippen MR) is 219 cm³/mol. The molecule has 11 heteroatoms. The highest BCUT2D eigenvalue weighted by Crippen LogP contribution is 2.47. The van der Waals surface area contributed by atoms with Gasteiger partial charge in [-0.1, -0.05) is 78.3 Å². The number of rotatable bonds is 15. The number of allylic oxidation sites excluding steroid dienone is 1. The van der Waals surface area contributed by atoms with Crippen LogP contribution in [0.3, 0.4) is 0 Å². The number of halogens is 1. The number of benzene rings is 2. The zero-order chi connectivity index (χ0) is 38.7. The van der Waals surface area contributed by atoms with Gasteiger partial charge in [-0.05, 0) is 121 Å². The van der Waals surface area contributed by atoms with Gasteiger partial charge in [-0.25, -0.2) is 18.4 Å². The highest BCUT2D eigenvalue weighted by atomic mass is 35.5. The highest BCUT2D eigenvalue weighted by molar-refractivity contribution is 7.89. The van der Waals surface area contributed by atoms with E-state index in [1.807, 2.05) is 25.1 Å². The third-order valence-corrected chi connectivity index (χ3v) is 20.6. The highest BCUT2D eigenvalue weighted by Gasteiger charge is 2.47. The van der Waals surface area contributed by atoms with Gasteiger partial charge in [0.2, 0.25) is 18.3 Å². The molecule has 1 spiro atoms. The molecule has 1 saturated carbocycles. The molecule has 2 aliphatic carbocycles. The summed E-state index contributed by atoms with van der Waals surface area (Å²) in [5, 5.41) is 5.82. The van der Waals surface area contributed by atoms with Gasteiger partial charge in [0, 0.05) is 23.5 Å². The van der Waals surface area contributed by atoms with Crippen LogP contribution in [-0.2, 0) is 31.0 Å².